The zero-order valence-electron chi connectivity index (χ0n) is 18.2. The SMILES string of the molecule is O=C(Nc1cc(-c2cncc(NCC3CCOCC3)n2)c(Cl)cn1)[C@@H]1CCCN(C(=O)O)C1. The summed E-state index contributed by atoms with van der Waals surface area (Å²) in [5.74, 6) is 0.822. The zero-order valence-corrected chi connectivity index (χ0v) is 18.9. The van der Waals surface area contributed by atoms with Gasteiger partial charge in [0.25, 0.3) is 0 Å². The summed E-state index contributed by atoms with van der Waals surface area (Å²) in [5, 5.41) is 15.7. The van der Waals surface area contributed by atoms with Gasteiger partial charge < -0.3 is 25.4 Å². The third-order valence-electron chi connectivity index (χ3n) is 5.99. The largest absolute Gasteiger partial charge is 0.465 e. The highest BCUT2D eigenvalue weighted by atomic mass is 35.5. The molecular weight excluding hydrogens is 448 g/mol. The van der Waals surface area contributed by atoms with Crippen molar-refractivity contribution in [1.82, 2.24) is 19.9 Å². The van der Waals surface area contributed by atoms with Crippen molar-refractivity contribution in [2.45, 2.75) is 25.7 Å². The molecule has 4 heterocycles. The summed E-state index contributed by atoms with van der Waals surface area (Å²) in [7, 11) is 0. The minimum atomic E-state index is -1.01. The minimum absolute atomic E-state index is 0.175. The molecule has 0 saturated carbocycles. The Morgan fingerprint density at radius 2 is 2.00 bits per heavy atom. The molecule has 2 saturated heterocycles. The van der Waals surface area contributed by atoms with E-state index in [9.17, 15) is 14.7 Å². The first-order valence-corrected chi connectivity index (χ1v) is 11.5. The van der Waals surface area contributed by atoms with Crippen LogP contribution in [0.2, 0.25) is 5.02 Å². The van der Waals surface area contributed by atoms with E-state index in [4.69, 9.17) is 16.3 Å². The fourth-order valence-electron chi connectivity index (χ4n) is 4.08. The lowest BCUT2D eigenvalue weighted by Gasteiger charge is -2.29. The van der Waals surface area contributed by atoms with Gasteiger partial charge in [-0.2, -0.15) is 0 Å². The van der Waals surface area contributed by atoms with Crippen LogP contribution in [-0.2, 0) is 9.53 Å². The second-order valence-electron chi connectivity index (χ2n) is 8.33. The molecule has 1 atom stereocenters. The molecule has 0 unspecified atom stereocenters. The quantitative estimate of drug-likeness (QED) is 0.581. The van der Waals surface area contributed by atoms with Crippen molar-refractivity contribution in [3.05, 3.63) is 29.7 Å². The molecule has 2 aromatic rings. The summed E-state index contributed by atoms with van der Waals surface area (Å²) in [6.45, 7) is 2.98. The maximum atomic E-state index is 12.7. The highest BCUT2D eigenvalue weighted by molar-refractivity contribution is 6.33. The number of aromatic nitrogens is 3. The van der Waals surface area contributed by atoms with E-state index in [2.05, 4.69) is 25.6 Å². The number of nitrogens with one attached hydrogen (secondary N) is 2. The van der Waals surface area contributed by atoms with Crippen molar-refractivity contribution in [2.75, 3.05) is 43.5 Å². The summed E-state index contributed by atoms with van der Waals surface area (Å²) < 4.78 is 5.40. The van der Waals surface area contributed by atoms with Gasteiger partial charge >= 0.3 is 6.09 Å². The third-order valence-corrected chi connectivity index (χ3v) is 6.29. The predicted molar refractivity (Wildman–Crippen MR) is 123 cm³/mol. The summed E-state index contributed by atoms with van der Waals surface area (Å²) in [5.41, 5.74) is 1.16. The molecule has 2 aliphatic rings. The van der Waals surface area contributed by atoms with Crippen LogP contribution in [-0.4, -0.2) is 69.8 Å². The van der Waals surface area contributed by atoms with Gasteiger partial charge in [0, 0.05) is 44.6 Å². The Kier molecular flexibility index (Phi) is 7.56. The van der Waals surface area contributed by atoms with Crippen LogP contribution in [0.1, 0.15) is 25.7 Å². The van der Waals surface area contributed by atoms with Gasteiger partial charge in [0.05, 0.1) is 29.0 Å². The summed E-state index contributed by atoms with van der Waals surface area (Å²) in [6, 6.07) is 1.66. The maximum absolute atomic E-state index is 12.7. The van der Waals surface area contributed by atoms with Gasteiger partial charge in [-0.25, -0.2) is 14.8 Å². The van der Waals surface area contributed by atoms with Crippen molar-refractivity contribution in [1.29, 1.82) is 0 Å². The molecule has 2 aromatic heterocycles. The Balaban J connectivity index is 1.43. The molecule has 3 N–H and O–H groups in total. The van der Waals surface area contributed by atoms with Crippen molar-refractivity contribution in [3.63, 3.8) is 0 Å². The number of pyridine rings is 1. The van der Waals surface area contributed by atoms with Crippen LogP contribution < -0.4 is 10.6 Å². The van der Waals surface area contributed by atoms with Crippen LogP contribution in [0.4, 0.5) is 16.4 Å². The van der Waals surface area contributed by atoms with Crippen LogP contribution in [0.15, 0.2) is 24.7 Å². The van der Waals surface area contributed by atoms with E-state index in [1.807, 2.05) is 0 Å². The Labute approximate surface area is 196 Å². The van der Waals surface area contributed by atoms with Crippen molar-refractivity contribution in [2.24, 2.45) is 11.8 Å². The van der Waals surface area contributed by atoms with Gasteiger partial charge in [-0.3, -0.25) is 9.78 Å². The number of carbonyl (C=O) groups is 2. The van der Waals surface area contributed by atoms with E-state index in [1.54, 1.807) is 18.5 Å². The molecule has 0 spiro atoms. The van der Waals surface area contributed by atoms with E-state index < -0.39 is 12.0 Å². The Morgan fingerprint density at radius 1 is 1.18 bits per heavy atom. The van der Waals surface area contributed by atoms with E-state index >= 15 is 0 Å². The number of anilines is 2. The van der Waals surface area contributed by atoms with E-state index in [0.717, 1.165) is 32.6 Å². The lowest BCUT2D eigenvalue weighted by molar-refractivity contribution is -0.121. The number of carboxylic acid groups (broad SMARTS) is 1. The number of piperidine rings is 1. The van der Waals surface area contributed by atoms with Gasteiger partial charge in [-0.1, -0.05) is 11.6 Å². The van der Waals surface area contributed by atoms with Crippen LogP contribution in [0.3, 0.4) is 0 Å². The predicted octanol–water partition coefficient (Wildman–Crippen LogP) is 3.36. The molecule has 10 nitrogen and oxygen atoms in total. The van der Waals surface area contributed by atoms with Gasteiger partial charge in [-0.05, 0) is 37.7 Å². The Bertz CT molecular complexity index is 1000. The molecule has 0 bridgehead atoms. The van der Waals surface area contributed by atoms with Crippen LogP contribution in [0.5, 0.6) is 0 Å². The van der Waals surface area contributed by atoms with Gasteiger partial charge in [0.15, 0.2) is 0 Å². The monoisotopic (exact) mass is 474 g/mol. The molecule has 2 aliphatic heterocycles. The summed E-state index contributed by atoms with van der Waals surface area (Å²) in [4.78, 5) is 38.3. The first-order chi connectivity index (χ1) is 16.0. The standard InChI is InChI=1S/C22H27ClN6O4/c23-17-10-26-19(28-21(30)15-2-1-5-29(13-15)22(31)32)8-16(17)18-11-24-12-20(27-18)25-9-14-3-6-33-7-4-14/h8,10-12,14-15H,1-7,9,13H2,(H,25,27)(H,31,32)(H,26,28,30)/t15-/m1/s1. The second-order valence-corrected chi connectivity index (χ2v) is 8.74. The smallest absolute Gasteiger partial charge is 0.407 e. The average Bonchev–Trinajstić information content (AvgIpc) is 2.85. The summed E-state index contributed by atoms with van der Waals surface area (Å²) >= 11 is 6.37. The molecule has 0 radical (unpaired) electrons. The lowest BCUT2D eigenvalue weighted by atomic mass is 9.97. The van der Waals surface area contributed by atoms with Crippen LogP contribution in [0.25, 0.3) is 11.3 Å². The number of rotatable bonds is 6. The highest BCUT2D eigenvalue weighted by Crippen LogP contribution is 2.29. The first kappa shape index (κ1) is 23.2. The lowest BCUT2D eigenvalue weighted by Crippen LogP contribution is -2.43. The van der Waals surface area contributed by atoms with E-state index in [0.29, 0.717) is 53.2 Å². The first-order valence-electron chi connectivity index (χ1n) is 11.1. The Hall–Kier alpha value is -2.98. The molecule has 0 aliphatic carbocycles. The van der Waals surface area contributed by atoms with Crippen LogP contribution in [0, 0.1) is 11.8 Å². The summed E-state index contributed by atoms with van der Waals surface area (Å²) in [6.07, 6.45) is 7.03. The number of carbonyl (C=O) groups excluding carboxylic acids is 1. The average molecular weight is 475 g/mol. The number of likely N-dealkylation sites (tertiary alicyclic amines) is 1. The van der Waals surface area contributed by atoms with Crippen molar-refractivity contribution in [3.8, 4) is 11.3 Å². The number of nitrogens with zero attached hydrogens (tertiary/aromatic N) is 4. The number of hydrogen-bond acceptors (Lipinski definition) is 7. The molecule has 4 rings (SSSR count). The van der Waals surface area contributed by atoms with Crippen molar-refractivity contribution >= 4 is 35.2 Å². The van der Waals surface area contributed by atoms with Gasteiger partial charge in [0.2, 0.25) is 5.91 Å². The fourth-order valence-corrected chi connectivity index (χ4v) is 4.28. The Morgan fingerprint density at radius 3 is 2.79 bits per heavy atom. The molecule has 2 amide bonds. The zero-order chi connectivity index (χ0) is 23.2. The van der Waals surface area contributed by atoms with Crippen molar-refractivity contribution < 1.29 is 19.4 Å². The number of amides is 2. The molecule has 0 aromatic carbocycles. The number of hydrogen-bond donors (Lipinski definition) is 3. The third kappa shape index (κ3) is 6.08. The van der Waals surface area contributed by atoms with Gasteiger partial charge in [0.1, 0.15) is 11.6 Å². The van der Waals surface area contributed by atoms with Crippen LogP contribution >= 0.6 is 11.6 Å². The van der Waals surface area contributed by atoms with E-state index in [-0.39, 0.29) is 12.5 Å². The highest BCUT2D eigenvalue weighted by Gasteiger charge is 2.28. The number of ether oxygens (including phenoxy) is 1. The fraction of sp³-hybridized carbons (Fsp3) is 0.500. The molecule has 33 heavy (non-hydrogen) atoms. The number of halogens is 1. The van der Waals surface area contributed by atoms with E-state index in [1.165, 1.54) is 11.1 Å². The maximum Gasteiger partial charge on any atom is 0.407 e. The normalized spacial score (nSPS) is 19.2. The molecule has 176 valence electrons. The second kappa shape index (κ2) is 10.8. The minimum Gasteiger partial charge on any atom is -0.465 e. The molecular formula is C22H27ClN6O4. The van der Waals surface area contributed by atoms with Gasteiger partial charge in [-0.15, -0.1) is 0 Å². The topological polar surface area (TPSA) is 130 Å². The molecule has 11 heteroatoms. The molecule has 2 fully saturated rings.